The fraction of sp³-hybridized carbons (Fsp3) is 0.308. The molecule has 4 heteroatoms. The van der Waals surface area contributed by atoms with Gasteiger partial charge in [-0.1, -0.05) is 39.7 Å². The monoisotopic (exact) mass is 329 g/mol. The average Bonchev–Trinajstić information content (AvgIpc) is 2.72. The Balaban J connectivity index is 2.16. The van der Waals surface area contributed by atoms with Crippen LogP contribution >= 0.6 is 38.9 Å². The number of aromatic nitrogens is 1. The maximum atomic E-state index is 6.02. The molecular weight excluding hydrogens is 318 g/mol. The zero-order valence-electron chi connectivity index (χ0n) is 9.49. The highest BCUT2D eigenvalue weighted by atomic mass is 79.9. The van der Waals surface area contributed by atoms with Gasteiger partial charge in [0.2, 0.25) is 0 Å². The quantitative estimate of drug-likeness (QED) is 0.732. The minimum atomic E-state index is 0.430. The predicted octanol–water partition coefficient (Wildman–Crippen LogP) is 4.83. The summed E-state index contributed by atoms with van der Waals surface area (Å²) in [5, 5.41) is 5.00. The van der Waals surface area contributed by atoms with E-state index in [-0.39, 0.29) is 0 Å². The molecule has 0 bridgehead atoms. The Morgan fingerprint density at radius 2 is 2.29 bits per heavy atom. The molecule has 17 heavy (non-hydrogen) atoms. The summed E-state index contributed by atoms with van der Waals surface area (Å²) in [5.41, 5.74) is 2.37. The van der Waals surface area contributed by atoms with E-state index < -0.39 is 0 Å². The number of rotatable bonds is 4. The molecule has 1 heterocycles. The van der Waals surface area contributed by atoms with Crippen molar-refractivity contribution in [2.75, 3.05) is 5.33 Å². The number of nitrogens with zero attached hydrogens (tertiary/aromatic N) is 1. The van der Waals surface area contributed by atoms with Gasteiger partial charge >= 0.3 is 0 Å². The summed E-state index contributed by atoms with van der Waals surface area (Å²) in [4.78, 5) is 4.51. The normalized spacial score (nSPS) is 12.6. The molecule has 2 aromatic rings. The Morgan fingerprint density at radius 3 is 2.88 bits per heavy atom. The van der Waals surface area contributed by atoms with E-state index in [0.29, 0.717) is 5.92 Å². The summed E-state index contributed by atoms with van der Waals surface area (Å²) in [6.45, 7) is 2.03. The van der Waals surface area contributed by atoms with Crippen molar-refractivity contribution >= 4 is 38.9 Å². The van der Waals surface area contributed by atoms with Crippen molar-refractivity contribution in [2.45, 2.75) is 19.3 Å². The Hall–Kier alpha value is -0.380. The van der Waals surface area contributed by atoms with E-state index in [4.69, 9.17) is 11.6 Å². The lowest BCUT2D eigenvalue weighted by Crippen LogP contribution is -2.04. The number of benzene rings is 1. The molecule has 90 valence electrons. The molecule has 0 aliphatic carbocycles. The van der Waals surface area contributed by atoms with Crippen LogP contribution in [-0.2, 0) is 6.42 Å². The molecule has 0 saturated heterocycles. The highest BCUT2D eigenvalue weighted by Crippen LogP contribution is 2.26. The third-order valence-corrected chi connectivity index (χ3v) is 4.60. The number of hydrogen-bond acceptors (Lipinski definition) is 2. The topological polar surface area (TPSA) is 12.9 Å². The predicted molar refractivity (Wildman–Crippen MR) is 78.5 cm³/mol. The van der Waals surface area contributed by atoms with Gasteiger partial charge in [-0.15, -0.1) is 11.3 Å². The fourth-order valence-corrected chi connectivity index (χ4v) is 3.38. The van der Waals surface area contributed by atoms with Crippen LogP contribution in [0.4, 0.5) is 0 Å². The molecule has 0 radical (unpaired) electrons. The van der Waals surface area contributed by atoms with Crippen molar-refractivity contribution in [1.29, 1.82) is 0 Å². The van der Waals surface area contributed by atoms with Gasteiger partial charge in [-0.2, -0.15) is 0 Å². The molecule has 0 N–H and O–H groups in total. The maximum absolute atomic E-state index is 6.02. The lowest BCUT2D eigenvalue weighted by molar-refractivity contribution is 0.768. The summed E-state index contributed by atoms with van der Waals surface area (Å²) in [6, 6.07) is 8.07. The third kappa shape index (κ3) is 3.54. The summed E-state index contributed by atoms with van der Waals surface area (Å²) < 4.78 is 0. The van der Waals surface area contributed by atoms with E-state index >= 15 is 0 Å². The smallest absolute Gasteiger partial charge is 0.0934 e. The van der Waals surface area contributed by atoms with Gasteiger partial charge in [-0.05, 0) is 30.5 Å². The molecule has 1 unspecified atom stereocenters. The zero-order chi connectivity index (χ0) is 12.3. The van der Waals surface area contributed by atoms with Crippen LogP contribution in [-0.4, -0.2) is 10.3 Å². The SMILES string of the molecule is Cc1csc(CC(CBr)c2cccc(Cl)c2)n1. The van der Waals surface area contributed by atoms with E-state index in [2.05, 4.69) is 32.4 Å². The van der Waals surface area contributed by atoms with Crippen molar-refractivity contribution in [2.24, 2.45) is 0 Å². The van der Waals surface area contributed by atoms with Crippen molar-refractivity contribution in [3.8, 4) is 0 Å². The summed E-state index contributed by atoms with van der Waals surface area (Å²) in [5.74, 6) is 0.430. The fourth-order valence-electron chi connectivity index (χ4n) is 1.73. The van der Waals surface area contributed by atoms with Gasteiger partial charge in [0, 0.05) is 27.8 Å². The average molecular weight is 331 g/mol. The first-order valence-corrected chi connectivity index (χ1v) is 7.79. The second-order valence-corrected chi connectivity index (χ2v) is 6.02. The number of aryl methyl sites for hydroxylation is 1. The first-order valence-electron chi connectivity index (χ1n) is 5.41. The first-order chi connectivity index (χ1) is 8.19. The third-order valence-electron chi connectivity index (χ3n) is 2.59. The maximum Gasteiger partial charge on any atom is 0.0934 e. The molecule has 1 aromatic heterocycles. The number of hydrogen-bond donors (Lipinski definition) is 0. The minimum Gasteiger partial charge on any atom is -0.247 e. The van der Waals surface area contributed by atoms with Crippen LogP contribution in [0.1, 0.15) is 22.2 Å². The van der Waals surface area contributed by atoms with Crippen LogP contribution in [0.5, 0.6) is 0 Å². The zero-order valence-corrected chi connectivity index (χ0v) is 12.6. The van der Waals surface area contributed by atoms with E-state index in [1.807, 2.05) is 25.1 Å². The Labute approximate surface area is 119 Å². The summed E-state index contributed by atoms with van der Waals surface area (Å²) >= 11 is 11.3. The molecule has 0 aliphatic rings. The molecule has 1 atom stereocenters. The van der Waals surface area contributed by atoms with Crippen molar-refractivity contribution in [3.05, 3.63) is 50.9 Å². The summed E-state index contributed by atoms with van der Waals surface area (Å²) in [6.07, 6.45) is 0.962. The second-order valence-electron chi connectivity index (χ2n) is 3.99. The second kappa shape index (κ2) is 5.98. The van der Waals surface area contributed by atoms with Crippen LogP contribution in [0.25, 0.3) is 0 Å². The molecule has 1 aromatic carbocycles. The van der Waals surface area contributed by atoms with Crippen molar-refractivity contribution < 1.29 is 0 Å². The molecule has 0 amide bonds. The van der Waals surface area contributed by atoms with Crippen LogP contribution < -0.4 is 0 Å². The van der Waals surface area contributed by atoms with E-state index in [1.54, 1.807) is 11.3 Å². The van der Waals surface area contributed by atoms with Crippen LogP contribution in [0.2, 0.25) is 5.02 Å². The van der Waals surface area contributed by atoms with Crippen molar-refractivity contribution in [3.63, 3.8) is 0 Å². The molecule has 0 saturated carbocycles. The van der Waals surface area contributed by atoms with Gasteiger partial charge in [0.05, 0.1) is 5.01 Å². The Kier molecular flexibility index (Phi) is 4.60. The lowest BCUT2D eigenvalue weighted by Gasteiger charge is -2.13. The standard InChI is InChI=1S/C13H13BrClNS/c1-9-8-17-13(16-9)6-11(7-14)10-3-2-4-12(15)5-10/h2-5,8,11H,6-7H2,1H3. The summed E-state index contributed by atoms with van der Waals surface area (Å²) in [7, 11) is 0. The van der Waals surface area contributed by atoms with Gasteiger partial charge in [-0.3, -0.25) is 0 Å². The van der Waals surface area contributed by atoms with Crippen molar-refractivity contribution in [1.82, 2.24) is 4.98 Å². The largest absolute Gasteiger partial charge is 0.247 e. The molecule has 2 rings (SSSR count). The van der Waals surface area contributed by atoms with Gasteiger partial charge in [0.1, 0.15) is 0 Å². The highest BCUT2D eigenvalue weighted by Gasteiger charge is 2.13. The number of thiazole rings is 1. The molecule has 0 spiro atoms. The minimum absolute atomic E-state index is 0.430. The van der Waals surface area contributed by atoms with Crippen LogP contribution in [0.15, 0.2) is 29.6 Å². The van der Waals surface area contributed by atoms with E-state index in [0.717, 1.165) is 22.5 Å². The van der Waals surface area contributed by atoms with E-state index in [1.165, 1.54) is 10.6 Å². The molecular formula is C13H13BrClNS. The van der Waals surface area contributed by atoms with Gasteiger partial charge in [-0.25, -0.2) is 4.98 Å². The molecule has 0 fully saturated rings. The van der Waals surface area contributed by atoms with Crippen LogP contribution in [0.3, 0.4) is 0 Å². The lowest BCUT2D eigenvalue weighted by atomic mass is 9.98. The molecule has 1 nitrogen and oxygen atoms in total. The van der Waals surface area contributed by atoms with E-state index in [9.17, 15) is 0 Å². The first kappa shape index (κ1) is 13.1. The number of alkyl halides is 1. The van der Waals surface area contributed by atoms with Crippen LogP contribution in [0, 0.1) is 6.92 Å². The Morgan fingerprint density at radius 1 is 1.47 bits per heavy atom. The van der Waals surface area contributed by atoms with Gasteiger partial charge in [0.25, 0.3) is 0 Å². The highest BCUT2D eigenvalue weighted by molar-refractivity contribution is 9.09. The number of halogens is 2. The molecule has 0 aliphatic heterocycles. The van der Waals surface area contributed by atoms with Gasteiger partial charge < -0.3 is 0 Å². The Bertz CT molecular complexity index is 498. The van der Waals surface area contributed by atoms with Gasteiger partial charge in [0.15, 0.2) is 0 Å².